The van der Waals surface area contributed by atoms with Crippen LogP contribution in [0.2, 0.25) is 0 Å². The summed E-state index contributed by atoms with van der Waals surface area (Å²) >= 11 is 0. The molecule has 0 aliphatic carbocycles. The highest BCUT2D eigenvalue weighted by molar-refractivity contribution is 6.60. The SMILES string of the molecule is [B]c1c([B])c(OCc2ccc(CN3CCOCC3)cc2)c2c(c1[B])C(=O)N(C1CCC(=O)NC1=O)C2([B])[B]. The zero-order valence-corrected chi connectivity index (χ0v) is 20.9. The molecule has 0 saturated carbocycles. The number of amides is 3. The summed E-state index contributed by atoms with van der Waals surface area (Å²) in [6, 6.07) is 6.82. The number of piperidine rings is 1. The smallest absolute Gasteiger partial charge is 0.253 e. The van der Waals surface area contributed by atoms with E-state index in [9.17, 15) is 14.4 Å². The van der Waals surface area contributed by atoms with Crippen molar-refractivity contribution in [3.8, 4) is 5.75 Å². The van der Waals surface area contributed by atoms with Crippen molar-refractivity contribution in [3.63, 3.8) is 0 Å². The number of fused-ring (bicyclic) bond motifs is 1. The van der Waals surface area contributed by atoms with Crippen LogP contribution in [-0.2, 0) is 32.8 Å². The van der Waals surface area contributed by atoms with E-state index in [0.29, 0.717) is 0 Å². The fourth-order valence-corrected chi connectivity index (χ4v) is 5.19. The molecule has 10 radical (unpaired) electrons. The van der Waals surface area contributed by atoms with Gasteiger partial charge in [0.15, 0.2) is 0 Å². The van der Waals surface area contributed by atoms with E-state index in [4.69, 9.17) is 48.7 Å². The average molecular weight is 499 g/mol. The highest BCUT2D eigenvalue weighted by Gasteiger charge is 2.51. The van der Waals surface area contributed by atoms with Crippen molar-refractivity contribution in [2.45, 2.75) is 37.4 Å². The van der Waals surface area contributed by atoms with Crippen molar-refractivity contribution in [3.05, 3.63) is 46.5 Å². The Morgan fingerprint density at radius 2 is 1.63 bits per heavy atom. The lowest BCUT2D eigenvalue weighted by atomic mass is 9.55. The van der Waals surface area contributed by atoms with Crippen LogP contribution in [0.15, 0.2) is 24.3 Å². The second-order valence-electron chi connectivity index (χ2n) is 9.78. The van der Waals surface area contributed by atoms with Gasteiger partial charge in [-0.2, -0.15) is 0 Å². The van der Waals surface area contributed by atoms with Gasteiger partial charge in [0.05, 0.1) is 28.9 Å². The molecular weight excluding hydrogens is 476 g/mol. The summed E-state index contributed by atoms with van der Waals surface area (Å²) in [6.45, 7) is 4.15. The van der Waals surface area contributed by atoms with Crippen molar-refractivity contribution in [1.82, 2.24) is 15.1 Å². The first-order valence-electron chi connectivity index (χ1n) is 12.4. The number of benzene rings is 2. The second-order valence-corrected chi connectivity index (χ2v) is 9.78. The lowest BCUT2D eigenvalue weighted by molar-refractivity contribution is -0.137. The Morgan fingerprint density at radius 3 is 2.29 bits per heavy atom. The van der Waals surface area contributed by atoms with Gasteiger partial charge in [0, 0.05) is 37.2 Å². The minimum Gasteiger partial charge on any atom is -0.489 e. The number of rotatable bonds is 6. The quantitative estimate of drug-likeness (QED) is 0.342. The predicted molar refractivity (Wildman–Crippen MR) is 145 cm³/mol. The topological polar surface area (TPSA) is 88.2 Å². The van der Waals surface area contributed by atoms with Crippen LogP contribution >= 0.6 is 0 Å². The third-order valence-electron chi connectivity index (χ3n) is 7.24. The summed E-state index contributed by atoms with van der Waals surface area (Å²) in [5, 5.41) is 0.218. The van der Waals surface area contributed by atoms with Gasteiger partial charge in [0.1, 0.15) is 41.9 Å². The Labute approximate surface area is 228 Å². The first-order valence-corrected chi connectivity index (χ1v) is 12.4. The molecule has 2 saturated heterocycles. The van der Waals surface area contributed by atoms with E-state index in [0.717, 1.165) is 48.9 Å². The summed E-state index contributed by atoms with van der Waals surface area (Å²) in [4.78, 5) is 41.1. The molecule has 3 heterocycles. The van der Waals surface area contributed by atoms with Crippen LogP contribution in [0, 0.1) is 0 Å². The van der Waals surface area contributed by atoms with E-state index in [1.54, 1.807) is 0 Å². The maximum atomic E-state index is 13.5. The summed E-state index contributed by atoms with van der Waals surface area (Å²) in [6.07, 6.45) is 0.0790. The van der Waals surface area contributed by atoms with Gasteiger partial charge in [-0.05, 0) is 22.9 Å². The summed E-state index contributed by atoms with van der Waals surface area (Å²) in [5.41, 5.74) is 1.81. The minimum atomic E-state index is -2.00. The molecule has 3 aliphatic rings. The summed E-state index contributed by atoms with van der Waals surface area (Å²) in [7, 11) is 31.6. The van der Waals surface area contributed by atoms with Crippen LogP contribution in [0.25, 0.3) is 0 Å². The minimum absolute atomic E-state index is 0.0108. The third-order valence-corrected chi connectivity index (χ3v) is 7.24. The van der Waals surface area contributed by atoms with Crippen LogP contribution in [0.1, 0.15) is 39.9 Å². The molecule has 0 aromatic heterocycles. The Bertz CT molecular complexity index is 1300. The highest BCUT2D eigenvalue weighted by atomic mass is 16.5. The maximum Gasteiger partial charge on any atom is 0.253 e. The lowest BCUT2D eigenvalue weighted by Crippen LogP contribution is -2.59. The molecule has 1 N–H and O–H groups in total. The van der Waals surface area contributed by atoms with Crippen LogP contribution in [0.4, 0.5) is 0 Å². The standard InChI is InChI=1S/C25H22B5N3O5/c26-19-17-18(25(29,30)33(24(17)36)15-5-6-16(34)31-23(15)35)22(21(28)20(19)27)38-12-14-3-1-13(2-4-14)11-32-7-9-37-10-8-32/h1-4,15H,5-12H2,(H,31,34,35). The van der Waals surface area contributed by atoms with Gasteiger partial charge in [-0.15, -0.1) is 5.46 Å². The largest absolute Gasteiger partial charge is 0.489 e. The molecule has 1 unspecified atom stereocenters. The van der Waals surface area contributed by atoms with Gasteiger partial charge in [-0.25, -0.2) is 0 Å². The number of hydrogen-bond donors (Lipinski definition) is 1. The molecule has 3 amide bonds. The molecular formula is C25H22B5N3O5. The first-order chi connectivity index (χ1) is 18.1. The van der Waals surface area contributed by atoms with Crippen molar-refractivity contribution < 1.29 is 23.9 Å². The number of carbonyl (C=O) groups is 3. The van der Waals surface area contributed by atoms with Crippen molar-refractivity contribution in [1.29, 1.82) is 0 Å². The van der Waals surface area contributed by atoms with E-state index >= 15 is 0 Å². The molecule has 1 atom stereocenters. The van der Waals surface area contributed by atoms with Gasteiger partial charge < -0.3 is 14.4 Å². The molecule has 38 heavy (non-hydrogen) atoms. The van der Waals surface area contributed by atoms with Crippen LogP contribution in [-0.4, -0.2) is 99.1 Å². The molecule has 182 valence electrons. The maximum absolute atomic E-state index is 13.5. The number of ether oxygens (including phenoxy) is 2. The van der Waals surface area contributed by atoms with Crippen LogP contribution < -0.4 is 26.4 Å². The van der Waals surface area contributed by atoms with Crippen molar-refractivity contribution >= 4 is 73.3 Å². The van der Waals surface area contributed by atoms with Gasteiger partial charge >= 0.3 is 0 Å². The van der Waals surface area contributed by atoms with E-state index in [2.05, 4.69) is 10.2 Å². The molecule has 8 nitrogen and oxygen atoms in total. The number of hydrogen-bond acceptors (Lipinski definition) is 6. The van der Waals surface area contributed by atoms with E-state index in [1.165, 1.54) is 0 Å². The predicted octanol–water partition coefficient (Wildman–Crippen LogP) is -2.81. The van der Waals surface area contributed by atoms with Gasteiger partial charge in [-0.1, -0.05) is 35.2 Å². The normalized spacial score (nSPS) is 21.3. The fraction of sp³-hybridized carbons (Fsp3) is 0.400. The number of nitrogens with one attached hydrogen (secondary N) is 1. The lowest BCUT2D eigenvalue weighted by Gasteiger charge is -2.41. The average Bonchev–Trinajstić information content (AvgIpc) is 3.09. The molecule has 3 aliphatic heterocycles. The van der Waals surface area contributed by atoms with Gasteiger partial charge in [-0.3, -0.25) is 24.6 Å². The van der Waals surface area contributed by atoms with Crippen molar-refractivity contribution in [2.24, 2.45) is 0 Å². The molecule has 0 bridgehead atoms. The molecule has 13 heteroatoms. The first kappa shape index (κ1) is 26.7. The molecule has 2 fully saturated rings. The number of nitrogens with zero attached hydrogens (tertiary/aromatic N) is 2. The van der Waals surface area contributed by atoms with E-state index in [-0.39, 0.29) is 52.7 Å². The van der Waals surface area contributed by atoms with Gasteiger partial charge in [0.2, 0.25) is 11.8 Å². The van der Waals surface area contributed by atoms with E-state index < -0.39 is 29.1 Å². The Hall–Kier alpha value is -2.91. The summed E-state index contributed by atoms with van der Waals surface area (Å²) < 4.78 is 11.5. The van der Waals surface area contributed by atoms with Crippen molar-refractivity contribution in [2.75, 3.05) is 26.3 Å². The Balaban J connectivity index is 1.41. The van der Waals surface area contributed by atoms with E-state index in [1.807, 2.05) is 24.3 Å². The fourth-order valence-electron chi connectivity index (χ4n) is 5.19. The second kappa shape index (κ2) is 10.3. The Kier molecular flexibility index (Phi) is 7.26. The highest BCUT2D eigenvalue weighted by Crippen LogP contribution is 2.41. The molecule has 5 rings (SSSR count). The summed E-state index contributed by atoms with van der Waals surface area (Å²) in [5.74, 6) is -1.79. The Morgan fingerprint density at radius 1 is 0.974 bits per heavy atom. The monoisotopic (exact) mass is 499 g/mol. The van der Waals surface area contributed by atoms with Crippen LogP contribution in [0.3, 0.4) is 0 Å². The molecule has 2 aromatic rings. The number of carbonyl (C=O) groups excluding carboxylic acids is 3. The number of imide groups is 1. The third kappa shape index (κ3) is 4.71. The molecule has 0 spiro atoms. The van der Waals surface area contributed by atoms with Crippen LogP contribution in [0.5, 0.6) is 5.75 Å². The number of morpholine rings is 1. The zero-order chi connectivity index (χ0) is 27.2. The molecule has 2 aromatic carbocycles. The zero-order valence-electron chi connectivity index (χ0n) is 20.9. The van der Waals surface area contributed by atoms with Gasteiger partial charge in [0.25, 0.3) is 5.91 Å².